The molecule has 1 aliphatic rings. The summed E-state index contributed by atoms with van der Waals surface area (Å²) in [6, 6.07) is 5.98. The van der Waals surface area contributed by atoms with Gasteiger partial charge < -0.3 is 4.90 Å². The molecule has 1 saturated carbocycles. The molecule has 1 fully saturated rings. The number of fused-ring (bicyclic) bond motifs is 1. The van der Waals surface area contributed by atoms with Gasteiger partial charge in [-0.05, 0) is 43.4 Å². The van der Waals surface area contributed by atoms with E-state index in [0.29, 0.717) is 12.0 Å². The highest BCUT2D eigenvalue weighted by atomic mass is 16.2. The summed E-state index contributed by atoms with van der Waals surface area (Å²) < 4.78 is 0. The van der Waals surface area contributed by atoms with Gasteiger partial charge in [-0.3, -0.25) is 4.79 Å². The number of hydrogen-bond acceptors (Lipinski definition) is 3. The number of carbonyl (C=O) groups excluding carboxylic acids is 1. The van der Waals surface area contributed by atoms with Crippen LogP contribution in [0.5, 0.6) is 0 Å². The predicted molar refractivity (Wildman–Crippen MR) is 91.3 cm³/mol. The topological polar surface area (TPSA) is 61.9 Å². The first-order chi connectivity index (χ1) is 11.2. The minimum absolute atomic E-state index is 0.141. The third kappa shape index (κ3) is 3.54. The minimum atomic E-state index is 0.141. The zero-order valence-corrected chi connectivity index (χ0v) is 14.1. The van der Waals surface area contributed by atoms with Gasteiger partial charge in [0, 0.05) is 18.2 Å². The maximum atomic E-state index is 13.1. The first-order valence-corrected chi connectivity index (χ1v) is 8.80. The van der Waals surface area contributed by atoms with Gasteiger partial charge in [0.25, 0.3) is 5.91 Å². The fourth-order valence-electron chi connectivity index (χ4n) is 3.60. The van der Waals surface area contributed by atoms with Gasteiger partial charge in [0.1, 0.15) is 11.0 Å². The molecule has 0 spiro atoms. The van der Waals surface area contributed by atoms with Gasteiger partial charge in [-0.15, -0.1) is 0 Å². The van der Waals surface area contributed by atoms with E-state index in [1.54, 1.807) is 0 Å². The van der Waals surface area contributed by atoms with Crippen LogP contribution in [0.25, 0.3) is 11.0 Å². The third-order valence-electron chi connectivity index (χ3n) is 4.93. The van der Waals surface area contributed by atoms with Gasteiger partial charge in [-0.2, -0.15) is 15.4 Å². The van der Waals surface area contributed by atoms with Crippen LogP contribution < -0.4 is 0 Å². The summed E-state index contributed by atoms with van der Waals surface area (Å²) in [5.41, 5.74) is 2.27. The molecule has 3 rings (SSSR count). The third-order valence-corrected chi connectivity index (χ3v) is 4.93. The van der Waals surface area contributed by atoms with Crippen molar-refractivity contribution in [3.8, 4) is 0 Å². The van der Waals surface area contributed by atoms with Gasteiger partial charge in [0.2, 0.25) is 0 Å². The summed E-state index contributed by atoms with van der Waals surface area (Å²) in [5.74, 6) is 0.853. The maximum Gasteiger partial charge on any atom is 0.254 e. The standard InChI is InChI=1S/C18H26N4O/c1-3-4-10-22(15-7-5-6-13(2)11-15)18(23)14-8-9-16-17(12-14)20-21-19-16/h8-9,12-13,15H,3-7,10-11H2,1-2H3,(H,19,20,21). The van der Waals surface area contributed by atoms with Crippen molar-refractivity contribution < 1.29 is 4.79 Å². The maximum absolute atomic E-state index is 13.1. The van der Waals surface area contributed by atoms with Crippen LogP contribution in [0.3, 0.4) is 0 Å². The average molecular weight is 314 g/mol. The number of aromatic amines is 1. The smallest absolute Gasteiger partial charge is 0.254 e. The van der Waals surface area contributed by atoms with E-state index in [1.807, 2.05) is 18.2 Å². The molecule has 23 heavy (non-hydrogen) atoms. The summed E-state index contributed by atoms with van der Waals surface area (Å²) in [6.07, 6.45) is 6.94. The highest BCUT2D eigenvalue weighted by Crippen LogP contribution is 2.29. The largest absolute Gasteiger partial charge is 0.336 e. The van der Waals surface area contributed by atoms with E-state index < -0.39 is 0 Å². The molecule has 2 unspecified atom stereocenters. The lowest BCUT2D eigenvalue weighted by atomic mass is 9.86. The lowest BCUT2D eigenvalue weighted by Gasteiger charge is -2.37. The summed E-state index contributed by atoms with van der Waals surface area (Å²) in [6.45, 7) is 5.33. The number of carbonyl (C=O) groups is 1. The lowest BCUT2D eigenvalue weighted by Crippen LogP contribution is -2.43. The number of nitrogens with one attached hydrogen (secondary N) is 1. The Morgan fingerprint density at radius 3 is 2.91 bits per heavy atom. The van der Waals surface area contributed by atoms with E-state index in [-0.39, 0.29) is 5.91 Å². The normalized spacial score (nSPS) is 21.5. The Balaban J connectivity index is 1.83. The fourth-order valence-corrected chi connectivity index (χ4v) is 3.60. The summed E-state index contributed by atoms with van der Waals surface area (Å²) in [5, 5.41) is 10.8. The van der Waals surface area contributed by atoms with Crippen molar-refractivity contribution in [2.24, 2.45) is 5.92 Å². The highest BCUT2D eigenvalue weighted by Gasteiger charge is 2.28. The van der Waals surface area contributed by atoms with Gasteiger partial charge in [0.15, 0.2) is 0 Å². The number of aromatic nitrogens is 3. The summed E-state index contributed by atoms with van der Waals surface area (Å²) >= 11 is 0. The molecule has 0 aliphatic heterocycles. The minimum Gasteiger partial charge on any atom is -0.336 e. The van der Waals surface area contributed by atoms with Crippen LogP contribution in [-0.4, -0.2) is 38.8 Å². The Kier molecular flexibility index (Phi) is 4.94. The number of amides is 1. The van der Waals surface area contributed by atoms with Crippen LogP contribution >= 0.6 is 0 Å². The predicted octanol–water partition coefficient (Wildman–Crippen LogP) is 3.78. The van der Waals surface area contributed by atoms with Gasteiger partial charge in [-0.1, -0.05) is 33.1 Å². The Hall–Kier alpha value is -1.91. The summed E-state index contributed by atoms with van der Waals surface area (Å²) in [4.78, 5) is 15.2. The molecule has 2 aromatic rings. The molecule has 124 valence electrons. The Morgan fingerprint density at radius 2 is 2.13 bits per heavy atom. The van der Waals surface area contributed by atoms with Crippen LogP contribution in [0.2, 0.25) is 0 Å². The first kappa shape index (κ1) is 16.0. The molecule has 5 heteroatoms. The summed E-state index contributed by atoms with van der Waals surface area (Å²) in [7, 11) is 0. The zero-order valence-electron chi connectivity index (χ0n) is 14.1. The number of hydrogen-bond donors (Lipinski definition) is 1. The highest BCUT2D eigenvalue weighted by molar-refractivity contribution is 5.97. The molecule has 5 nitrogen and oxygen atoms in total. The second kappa shape index (κ2) is 7.11. The molecule has 1 aromatic carbocycles. The second-order valence-electron chi connectivity index (χ2n) is 6.80. The van der Waals surface area contributed by atoms with Crippen LogP contribution in [0.4, 0.5) is 0 Å². The molecule has 1 aliphatic carbocycles. The van der Waals surface area contributed by atoms with E-state index in [1.165, 1.54) is 12.8 Å². The molecule has 1 aromatic heterocycles. The SMILES string of the molecule is CCCCN(C(=O)c1ccc2n[nH]nc2c1)C1CCCC(C)C1. The fraction of sp³-hybridized carbons (Fsp3) is 0.611. The molecule has 1 N–H and O–H groups in total. The van der Waals surface area contributed by atoms with Crippen molar-refractivity contribution in [3.63, 3.8) is 0 Å². The number of unbranched alkanes of at least 4 members (excludes halogenated alkanes) is 1. The Labute approximate surface area is 137 Å². The van der Waals surface area contributed by atoms with Gasteiger partial charge >= 0.3 is 0 Å². The zero-order chi connectivity index (χ0) is 16.2. The van der Waals surface area contributed by atoms with Crippen molar-refractivity contribution in [3.05, 3.63) is 23.8 Å². The van der Waals surface area contributed by atoms with Gasteiger partial charge in [-0.25, -0.2) is 0 Å². The van der Waals surface area contributed by atoms with Crippen LogP contribution in [0, 0.1) is 5.92 Å². The van der Waals surface area contributed by atoms with Crippen molar-refractivity contribution in [2.75, 3.05) is 6.54 Å². The molecular formula is C18H26N4O. The quantitative estimate of drug-likeness (QED) is 0.913. The number of benzene rings is 1. The van der Waals surface area contributed by atoms with E-state index in [2.05, 4.69) is 34.2 Å². The van der Waals surface area contributed by atoms with Crippen LogP contribution in [0.15, 0.2) is 18.2 Å². The lowest BCUT2D eigenvalue weighted by molar-refractivity contribution is 0.0602. The van der Waals surface area contributed by atoms with Crippen LogP contribution in [0.1, 0.15) is 62.7 Å². The van der Waals surface area contributed by atoms with Crippen molar-refractivity contribution in [1.29, 1.82) is 0 Å². The average Bonchev–Trinajstić information content (AvgIpc) is 3.02. The van der Waals surface area contributed by atoms with Crippen molar-refractivity contribution >= 4 is 16.9 Å². The number of rotatable bonds is 5. The molecule has 2 atom stereocenters. The van der Waals surface area contributed by atoms with Crippen LogP contribution in [-0.2, 0) is 0 Å². The van der Waals surface area contributed by atoms with Gasteiger partial charge in [0.05, 0.1) is 0 Å². The monoisotopic (exact) mass is 314 g/mol. The van der Waals surface area contributed by atoms with E-state index in [0.717, 1.165) is 48.8 Å². The molecule has 1 heterocycles. The molecule has 0 saturated heterocycles. The Morgan fingerprint density at radius 1 is 1.30 bits per heavy atom. The van der Waals surface area contributed by atoms with Crippen molar-refractivity contribution in [1.82, 2.24) is 20.3 Å². The van der Waals surface area contributed by atoms with Crippen molar-refractivity contribution in [2.45, 2.75) is 58.4 Å². The first-order valence-electron chi connectivity index (χ1n) is 8.80. The second-order valence-corrected chi connectivity index (χ2v) is 6.80. The van der Waals surface area contributed by atoms with E-state index >= 15 is 0 Å². The Bertz CT molecular complexity index is 666. The molecule has 0 bridgehead atoms. The molecule has 0 radical (unpaired) electrons. The molecule has 1 amide bonds. The van der Waals surface area contributed by atoms with E-state index in [9.17, 15) is 4.79 Å². The molecular weight excluding hydrogens is 288 g/mol. The van der Waals surface area contributed by atoms with E-state index in [4.69, 9.17) is 0 Å². The number of H-pyrrole nitrogens is 1. The number of nitrogens with zero attached hydrogens (tertiary/aromatic N) is 3.